The third-order valence-electron chi connectivity index (χ3n) is 11.5. The van der Waals surface area contributed by atoms with E-state index in [9.17, 15) is 9.90 Å². The number of pyridine rings is 1. The third-order valence-corrected chi connectivity index (χ3v) is 11.5. The molecule has 1 N–H and O–H groups in total. The molecule has 2 aromatic carbocycles. The summed E-state index contributed by atoms with van der Waals surface area (Å²) in [6.07, 6.45) is 19.3. The Kier molecular flexibility index (Phi) is 14.3. The van der Waals surface area contributed by atoms with Gasteiger partial charge >= 0.3 is 0 Å². The van der Waals surface area contributed by atoms with E-state index in [1.165, 1.54) is 105 Å². The summed E-state index contributed by atoms with van der Waals surface area (Å²) in [7, 11) is 0. The number of rotatable bonds is 10. The van der Waals surface area contributed by atoms with E-state index in [2.05, 4.69) is 63.2 Å². The molecule has 1 radical (unpaired) electrons. The monoisotopic (exact) mass is 841 g/mol. The molecule has 4 fully saturated rings. The van der Waals surface area contributed by atoms with E-state index in [-0.39, 0.29) is 31.6 Å². The van der Waals surface area contributed by atoms with Crippen LogP contribution in [0.5, 0.6) is 0 Å². The number of benzene rings is 2. The molecule has 4 heteroatoms. The molecule has 4 saturated carbocycles. The molecule has 2 bridgehead atoms. The minimum atomic E-state index is 0. The Hall–Kier alpha value is -2.29. The fourth-order valence-electron chi connectivity index (χ4n) is 9.24. The van der Waals surface area contributed by atoms with Crippen LogP contribution in [0.3, 0.4) is 0 Å². The number of allylic oxidation sites excluding steroid dienone is 2. The average molecular weight is 841 g/mol. The van der Waals surface area contributed by atoms with Crippen molar-refractivity contribution in [3.63, 3.8) is 0 Å². The van der Waals surface area contributed by atoms with Crippen molar-refractivity contribution in [3.8, 4) is 11.3 Å². The van der Waals surface area contributed by atoms with E-state index in [1.807, 2.05) is 27.7 Å². The van der Waals surface area contributed by atoms with E-state index >= 15 is 0 Å². The largest absolute Gasteiger partial charge is 0.512 e. The molecule has 1 aromatic heterocycles. The molecule has 0 amide bonds. The van der Waals surface area contributed by atoms with Gasteiger partial charge in [0.15, 0.2) is 5.78 Å². The Balaban J connectivity index is 0.000000332. The number of aromatic nitrogens is 1. The van der Waals surface area contributed by atoms with E-state index in [1.54, 1.807) is 11.1 Å². The minimum Gasteiger partial charge on any atom is -0.512 e. The first-order valence-electron chi connectivity index (χ1n) is 19.3. The minimum absolute atomic E-state index is 0. The van der Waals surface area contributed by atoms with Crippen LogP contribution in [-0.4, -0.2) is 15.9 Å². The van der Waals surface area contributed by atoms with Gasteiger partial charge in [-0.2, -0.15) is 0 Å². The van der Waals surface area contributed by atoms with E-state index in [0.717, 1.165) is 23.1 Å². The zero-order valence-electron chi connectivity index (χ0n) is 31.5. The molecule has 4 aliphatic rings. The van der Waals surface area contributed by atoms with Crippen molar-refractivity contribution in [1.29, 1.82) is 0 Å². The maximum atomic E-state index is 11.2. The Labute approximate surface area is 311 Å². The number of aliphatic hydroxyl groups excluding tert-OH is 1. The van der Waals surface area contributed by atoms with Crippen molar-refractivity contribution < 1.29 is 30.0 Å². The fourth-order valence-corrected chi connectivity index (χ4v) is 9.24. The van der Waals surface area contributed by atoms with Gasteiger partial charge in [-0.1, -0.05) is 79.5 Å². The summed E-state index contributed by atoms with van der Waals surface area (Å²) in [5.41, 5.74) is 9.68. The number of aliphatic hydroxyl groups is 1. The van der Waals surface area contributed by atoms with Crippen LogP contribution in [-0.2, 0) is 30.3 Å². The van der Waals surface area contributed by atoms with Crippen molar-refractivity contribution in [2.45, 2.75) is 150 Å². The third kappa shape index (κ3) is 10.2. The van der Waals surface area contributed by atoms with Gasteiger partial charge in [-0.15, -0.1) is 34.9 Å². The van der Waals surface area contributed by atoms with Gasteiger partial charge < -0.3 is 5.11 Å². The number of fused-ring (bicyclic) bond motifs is 4. The quantitative estimate of drug-likeness (QED) is 0.126. The molecule has 3 aromatic rings. The molecule has 4 aliphatic carbocycles. The SMILES string of the molecule is CC(C)CC(=O)/C=C(\O)CC(C)C.CCCC1CCC(c2c(C34CCC(CC3)CC4)ccc3nc(-c4[c-]c(C)cc(C)c4)ccc23)CC1.[Ir]. The molecule has 269 valence electrons. The van der Waals surface area contributed by atoms with Crippen LogP contribution in [0.15, 0.2) is 48.2 Å². The molecule has 0 unspecified atom stereocenters. The molecule has 0 saturated heterocycles. The summed E-state index contributed by atoms with van der Waals surface area (Å²) >= 11 is 0. The standard InChI is InChI=1S/C34H42N.C11H20O2.Ir/c1-4-5-25-6-8-27(9-7-25)33-29-10-12-31(28-21-23(2)20-24(3)22-28)35-32(29)13-11-30(33)34-17-14-26(15-18-34)16-19-34;1-8(2)5-10(12)7-11(13)6-9(3)4;/h10-13,20-21,25-27H,4-9,14-19H2,1-3H3;7-9,12H,5-6H2,1-4H3;/q-1;;/b;10-7-;. The maximum absolute atomic E-state index is 11.2. The van der Waals surface area contributed by atoms with Crippen molar-refractivity contribution in [2.75, 3.05) is 0 Å². The van der Waals surface area contributed by atoms with Crippen LogP contribution >= 0.6 is 0 Å². The Morgan fingerprint density at radius 1 is 0.918 bits per heavy atom. The van der Waals surface area contributed by atoms with Crippen LogP contribution in [0, 0.1) is 43.6 Å². The first-order chi connectivity index (χ1) is 23.0. The molecular weight excluding hydrogens is 779 g/mol. The summed E-state index contributed by atoms with van der Waals surface area (Å²) in [6.45, 7) is 14.7. The van der Waals surface area contributed by atoms with Gasteiger partial charge in [0, 0.05) is 44.4 Å². The Morgan fingerprint density at radius 3 is 2.16 bits per heavy atom. The van der Waals surface area contributed by atoms with Crippen molar-refractivity contribution in [3.05, 3.63) is 76.6 Å². The number of carbonyl (C=O) groups excluding carboxylic acids is 1. The fraction of sp³-hybridized carbons (Fsp3) is 0.600. The van der Waals surface area contributed by atoms with Gasteiger partial charge in [-0.3, -0.25) is 9.78 Å². The predicted molar refractivity (Wildman–Crippen MR) is 203 cm³/mol. The van der Waals surface area contributed by atoms with Crippen molar-refractivity contribution in [2.24, 2.45) is 23.7 Å². The molecule has 0 atom stereocenters. The van der Waals surface area contributed by atoms with E-state index in [0.29, 0.717) is 36.0 Å². The summed E-state index contributed by atoms with van der Waals surface area (Å²) in [6, 6.07) is 17.6. The zero-order valence-corrected chi connectivity index (χ0v) is 33.9. The first-order valence-corrected chi connectivity index (χ1v) is 19.3. The second-order valence-corrected chi connectivity index (χ2v) is 16.6. The maximum Gasteiger partial charge on any atom is 0.159 e. The van der Waals surface area contributed by atoms with E-state index in [4.69, 9.17) is 4.98 Å². The molecule has 49 heavy (non-hydrogen) atoms. The van der Waals surface area contributed by atoms with Crippen LogP contribution in [0.1, 0.15) is 153 Å². The van der Waals surface area contributed by atoms with Crippen LogP contribution in [0.25, 0.3) is 22.2 Å². The van der Waals surface area contributed by atoms with Gasteiger partial charge in [0.2, 0.25) is 0 Å². The van der Waals surface area contributed by atoms with Crippen molar-refractivity contribution in [1.82, 2.24) is 4.98 Å². The number of hydrogen-bond acceptors (Lipinski definition) is 3. The Morgan fingerprint density at radius 2 is 1.57 bits per heavy atom. The molecule has 1 heterocycles. The van der Waals surface area contributed by atoms with Crippen molar-refractivity contribution >= 4 is 16.7 Å². The molecule has 0 spiro atoms. The summed E-state index contributed by atoms with van der Waals surface area (Å²) in [4.78, 5) is 16.4. The molecule has 3 nitrogen and oxygen atoms in total. The molecular formula is C45H62IrNO2-. The molecule has 0 aliphatic heterocycles. The second-order valence-electron chi connectivity index (χ2n) is 16.6. The van der Waals surface area contributed by atoms with Crippen LogP contribution < -0.4 is 0 Å². The summed E-state index contributed by atoms with van der Waals surface area (Å²) in [5.74, 6) is 3.63. The summed E-state index contributed by atoms with van der Waals surface area (Å²) in [5, 5.41) is 10.8. The Bertz CT molecular complexity index is 1540. The van der Waals surface area contributed by atoms with Crippen LogP contribution in [0.2, 0.25) is 0 Å². The van der Waals surface area contributed by atoms with Gasteiger partial charge in [0.25, 0.3) is 0 Å². The topological polar surface area (TPSA) is 50.2 Å². The number of aryl methyl sites for hydroxylation is 2. The number of hydrogen-bond donors (Lipinski definition) is 1. The van der Waals surface area contributed by atoms with Gasteiger partial charge in [0.1, 0.15) is 0 Å². The second kappa shape index (κ2) is 17.8. The molecule has 7 rings (SSSR count). The van der Waals surface area contributed by atoms with E-state index < -0.39 is 0 Å². The van der Waals surface area contributed by atoms with Crippen LogP contribution in [0.4, 0.5) is 0 Å². The number of carbonyl (C=O) groups is 1. The normalized spacial score (nSPS) is 23.7. The van der Waals surface area contributed by atoms with Gasteiger partial charge in [-0.05, 0) is 122 Å². The first kappa shape index (κ1) is 39.5. The average Bonchev–Trinajstić information content (AvgIpc) is 3.04. The van der Waals surface area contributed by atoms with Gasteiger partial charge in [0.05, 0.1) is 11.3 Å². The predicted octanol–water partition coefficient (Wildman–Crippen LogP) is 12.7. The zero-order chi connectivity index (χ0) is 34.4. The number of nitrogens with zero attached hydrogens (tertiary/aromatic N) is 1. The smallest absolute Gasteiger partial charge is 0.159 e. The number of ketones is 1. The summed E-state index contributed by atoms with van der Waals surface area (Å²) < 4.78 is 0. The van der Waals surface area contributed by atoms with Gasteiger partial charge in [-0.25, -0.2) is 0 Å².